The molecular weight excluding hydrogens is 244 g/mol. The first kappa shape index (κ1) is 13.7. The number of nitrogens with one attached hydrogen (secondary N) is 2. The molecule has 1 aliphatic heterocycles. The fraction of sp³-hybridized carbons (Fsp3) is 0.500. The van der Waals surface area contributed by atoms with Crippen molar-refractivity contribution in [2.24, 2.45) is 0 Å². The van der Waals surface area contributed by atoms with Crippen molar-refractivity contribution in [3.63, 3.8) is 0 Å². The summed E-state index contributed by atoms with van der Waals surface area (Å²) >= 11 is 0. The summed E-state index contributed by atoms with van der Waals surface area (Å²) in [5.74, 6) is 0.523. The molecule has 0 spiro atoms. The lowest BCUT2D eigenvalue weighted by Crippen LogP contribution is -2.52. The maximum atomic E-state index is 12.1. The predicted molar refractivity (Wildman–Crippen MR) is 73.3 cm³/mol. The van der Waals surface area contributed by atoms with Gasteiger partial charge in [0.1, 0.15) is 5.75 Å². The summed E-state index contributed by atoms with van der Waals surface area (Å²) in [7, 11) is 0. The van der Waals surface area contributed by atoms with Crippen LogP contribution in [0.15, 0.2) is 24.3 Å². The average Bonchev–Trinajstić information content (AvgIpc) is 2.37. The minimum Gasteiger partial charge on any atom is -0.477 e. The lowest BCUT2D eigenvalue weighted by molar-refractivity contribution is -0.129. The van der Waals surface area contributed by atoms with Crippen molar-refractivity contribution in [3.8, 4) is 5.75 Å². The normalized spacial score (nSPS) is 17.9. The molecule has 5 heteroatoms. The first-order valence-electron chi connectivity index (χ1n) is 6.44. The molecule has 1 aromatic carbocycles. The zero-order chi connectivity index (χ0) is 13.9. The van der Waals surface area contributed by atoms with Gasteiger partial charge >= 0.3 is 0 Å². The summed E-state index contributed by atoms with van der Waals surface area (Å²) in [5.41, 5.74) is 0.466. The molecule has 1 unspecified atom stereocenters. The Morgan fingerprint density at radius 2 is 2.26 bits per heavy atom. The van der Waals surface area contributed by atoms with Gasteiger partial charge < -0.3 is 20.5 Å². The quantitative estimate of drug-likeness (QED) is 0.762. The van der Waals surface area contributed by atoms with Gasteiger partial charge in [0.05, 0.1) is 12.2 Å². The highest BCUT2D eigenvalue weighted by molar-refractivity contribution is 5.83. The van der Waals surface area contributed by atoms with Crippen LogP contribution in [0.25, 0.3) is 0 Å². The Kier molecular flexibility index (Phi) is 3.95. The smallest absolute Gasteiger partial charge is 0.263 e. The Labute approximate surface area is 113 Å². The average molecular weight is 264 g/mol. The standard InChI is InChI=1S/C14H20N2O3/c1-14(2,7-8-17)16-13(18)12-9-15-10-5-3-4-6-11(10)19-12/h3-6,12,15,17H,7-9H2,1-2H3,(H,16,18). The summed E-state index contributed by atoms with van der Waals surface area (Å²) in [6.45, 7) is 4.24. The molecule has 104 valence electrons. The number of aliphatic hydroxyl groups is 1. The molecule has 3 N–H and O–H groups in total. The number of ether oxygens (including phenoxy) is 1. The van der Waals surface area contributed by atoms with Crippen LogP contribution in [0.1, 0.15) is 20.3 Å². The van der Waals surface area contributed by atoms with E-state index in [9.17, 15) is 4.79 Å². The van der Waals surface area contributed by atoms with Gasteiger partial charge in [0.25, 0.3) is 5.91 Å². The van der Waals surface area contributed by atoms with E-state index in [1.54, 1.807) is 0 Å². The molecule has 1 aliphatic rings. The predicted octanol–water partition coefficient (Wildman–Crippen LogP) is 1.14. The number of amides is 1. The fourth-order valence-electron chi connectivity index (χ4n) is 2.02. The number of para-hydroxylation sites is 2. The van der Waals surface area contributed by atoms with E-state index in [0.717, 1.165) is 5.69 Å². The van der Waals surface area contributed by atoms with Crippen LogP contribution >= 0.6 is 0 Å². The summed E-state index contributed by atoms with van der Waals surface area (Å²) in [6, 6.07) is 7.54. The Hall–Kier alpha value is -1.75. The van der Waals surface area contributed by atoms with Gasteiger partial charge in [-0.15, -0.1) is 0 Å². The third-order valence-electron chi connectivity index (χ3n) is 3.13. The van der Waals surface area contributed by atoms with Gasteiger partial charge in [0.15, 0.2) is 6.10 Å². The van der Waals surface area contributed by atoms with Gasteiger partial charge in [-0.05, 0) is 32.4 Å². The molecule has 0 bridgehead atoms. The van der Waals surface area contributed by atoms with Crippen molar-refractivity contribution in [3.05, 3.63) is 24.3 Å². The Bertz CT molecular complexity index is 460. The van der Waals surface area contributed by atoms with Crippen LogP contribution in [-0.4, -0.2) is 35.8 Å². The van der Waals surface area contributed by atoms with Gasteiger partial charge in [-0.2, -0.15) is 0 Å². The highest BCUT2D eigenvalue weighted by Gasteiger charge is 2.29. The Morgan fingerprint density at radius 3 is 3.00 bits per heavy atom. The zero-order valence-electron chi connectivity index (χ0n) is 11.3. The number of carbonyl (C=O) groups excluding carboxylic acids is 1. The van der Waals surface area contributed by atoms with Crippen molar-refractivity contribution in [1.82, 2.24) is 5.32 Å². The van der Waals surface area contributed by atoms with Crippen molar-refractivity contribution in [2.45, 2.75) is 31.9 Å². The number of hydrogen-bond donors (Lipinski definition) is 3. The Balaban J connectivity index is 1.99. The second-order valence-corrected chi connectivity index (χ2v) is 5.33. The van der Waals surface area contributed by atoms with E-state index in [4.69, 9.17) is 9.84 Å². The molecule has 1 amide bonds. The van der Waals surface area contributed by atoms with Crippen molar-refractivity contribution < 1.29 is 14.6 Å². The number of carbonyl (C=O) groups is 1. The summed E-state index contributed by atoms with van der Waals surface area (Å²) in [6.07, 6.45) is -0.0389. The minimum atomic E-state index is -0.548. The van der Waals surface area contributed by atoms with E-state index >= 15 is 0 Å². The van der Waals surface area contributed by atoms with Crippen LogP contribution in [-0.2, 0) is 4.79 Å². The molecule has 1 heterocycles. The van der Waals surface area contributed by atoms with E-state index in [1.165, 1.54) is 0 Å². The molecule has 5 nitrogen and oxygen atoms in total. The topological polar surface area (TPSA) is 70.6 Å². The van der Waals surface area contributed by atoms with Gasteiger partial charge in [-0.3, -0.25) is 4.79 Å². The molecule has 1 atom stereocenters. The van der Waals surface area contributed by atoms with E-state index in [1.807, 2.05) is 38.1 Å². The maximum absolute atomic E-state index is 12.1. The minimum absolute atomic E-state index is 0.0416. The van der Waals surface area contributed by atoms with Gasteiger partial charge in [0.2, 0.25) is 0 Å². The van der Waals surface area contributed by atoms with Crippen LogP contribution in [0.2, 0.25) is 0 Å². The highest BCUT2D eigenvalue weighted by atomic mass is 16.5. The van der Waals surface area contributed by atoms with E-state index < -0.39 is 11.6 Å². The number of hydrogen-bond acceptors (Lipinski definition) is 4. The molecule has 0 fully saturated rings. The lowest BCUT2D eigenvalue weighted by Gasteiger charge is -2.31. The van der Waals surface area contributed by atoms with E-state index in [2.05, 4.69) is 10.6 Å². The number of benzene rings is 1. The SMILES string of the molecule is CC(C)(CCO)NC(=O)C1CNc2ccccc2O1. The van der Waals surface area contributed by atoms with Gasteiger partial charge in [0, 0.05) is 12.1 Å². The molecule has 2 rings (SSSR count). The van der Waals surface area contributed by atoms with E-state index in [0.29, 0.717) is 18.7 Å². The zero-order valence-corrected chi connectivity index (χ0v) is 11.3. The molecule has 0 aliphatic carbocycles. The first-order valence-corrected chi connectivity index (χ1v) is 6.44. The number of fused-ring (bicyclic) bond motifs is 1. The first-order chi connectivity index (χ1) is 9.02. The summed E-state index contributed by atoms with van der Waals surface area (Å²) in [5, 5.41) is 15.0. The summed E-state index contributed by atoms with van der Waals surface area (Å²) < 4.78 is 5.68. The van der Waals surface area contributed by atoms with Gasteiger partial charge in [-0.25, -0.2) is 0 Å². The largest absolute Gasteiger partial charge is 0.477 e. The fourth-order valence-corrected chi connectivity index (χ4v) is 2.02. The number of aliphatic hydroxyl groups excluding tert-OH is 1. The maximum Gasteiger partial charge on any atom is 0.263 e. The molecule has 19 heavy (non-hydrogen) atoms. The second kappa shape index (κ2) is 5.48. The molecular formula is C14H20N2O3. The molecule has 0 aromatic heterocycles. The summed E-state index contributed by atoms with van der Waals surface area (Å²) in [4.78, 5) is 12.1. The molecule has 0 radical (unpaired) electrons. The highest BCUT2D eigenvalue weighted by Crippen LogP contribution is 2.28. The Morgan fingerprint density at radius 1 is 1.53 bits per heavy atom. The van der Waals surface area contributed by atoms with Crippen molar-refractivity contribution in [1.29, 1.82) is 0 Å². The van der Waals surface area contributed by atoms with Crippen LogP contribution < -0.4 is 15.4 Å². The van der Waals surface area contributed by atoms with Crippen molar-refractivity contribution in [2.75, 3.05) is 18.5 Å². The number of rotatable bonds is 4. The second-order valence-electron chi connectivity index (χ2n) is 5.33. The monoisotopic (exact) mass is 264 g/mol. The van der Waals surface area contributed by atoms with Crippen molar-refractivity contribution >= 4 is 11.6 Å². The third kappa shape index (κ3) is 3.38. The number of anilines is 1. The van der Waals surface area contributed by atoms with Gasteiger partial charge in [-0.1, -0.05) is 12.1 Å². The molecule has 0 saturated carbocycles. The lowest BCUT2D eigenvalue weighted by atomic mass is 10.0. The van der Waals surface area contributed by atoms with Crippen LogP contribution in [0.4, 0.5) is 5.69 Å². The van der Waals surface area contributed by atoms with E-state index in [-0.39, 0.29) is 12.5 Å². The molecule has 1 aromatic rings. The van der Waals surface area contributed by atoms with Crippen LogP contribution in [0.3, 0.4) is 0 Å². The third-order valence-corrected chi connectivity index (χ3v) is 3.13. The molecule has 0 saturated heterocycles. The van der Waals surface area contributed by atoms with Crippen LogP contribution in [0.5, 0.6) is 5.75 Å². The van der Waals surface area contributed by atoms with Crippen LogP contribution in [0, 0.1) is 0 Å².